The summed E-state index contributed by atoms with van der Waals surface area (Å²) in [6, 6.07) is 0.420. The van der Waals surface area contributed by atoms with Crippen LogP contribution >= 0.6 is 0 Å². The zero-order valence-electron chi connectivity index (χ0n) is 9.50. The van der Waals surface area contributed by atoms with Crippen LogP contribution < -0.4 is 10.6 Å². The highest BCUT2D eigenvalue weighted by Crippen LogP contribution is 2.09. The van der Waals surface area contributed by atoms with Gasteiger partial charge in [0.1, 0.15) is 0 Å². The van der Waals surface area contributed by atoms with E-state index in [4.69, 9.17) is 4.74 Å². The molecule has 0 aromatic heterocycles. The van der Waals surface area contributed by atoms with Gasteiger partial charge in [0, 0.05) is 12.6 Å². The molecule has 4 heteroatoms. The molecule has 0 aromatic carbocycles. The number of piperidine rings is 1. The van der Waals surface area contributed by atoms with Crippen molar-refractivity contribution in [1.29, 1.82) is 0 Å². The maximum Gasteiger partial charge on any atom is 0.207 e. The van der Waals surface area contributed by atoms with E-state index in [1.807, 2.05) is 0 Å². The Balaban J connectivity index is 0.000000162. The third-order valence-corrected chi connectivity index (χ3v) is 2.80. The van der Waals surface area contributed by atoms with Crippen molar-refractivity contribution in [2.45, 2.75) is 44.8 Å². The minimum absolute atomic E-state index is 0.420. The molecule has 0 bridgehead atoms. The van der Waals surface area contributed by atoms with Crippen molar-refractivity contribution in [3.8, 4) is 0 Å². The molecule has 15 heavy (non-hydrogen) atoms. The number of hydrogen-bond acceptors (Lipinski definition) is 3. The molecule has 4 nitrogen and oxygen atoms in total. The van der Waals surface area contributed by atoms with Gasteiger partial charge in [-0.05, 0) is 45.7 Å². The van der Waals surface area contributed by atoms with Gasteiger partial charge >= 0.3 is 0 Å². The van der Waals surface area contributed by atoms with E-state index in [1.165, 1.54) is 12.8 Å². The van der Waals surface area contributed by atoms with E-state index >= 15 is 0 Å². The Morgan fingerprint density at radius 2 is 2.07 bits per heavy atom. The highest BCUT2D eigenvalue weighted by Gasteiger charge is 2.10. The third kappa shape index (κ3) is 5.74. The maximum absolute atomic E-state index is 9.94. The van der Waals surface area contributed by atoms with Crippen LogP contribution in [0.5, 0.6) is 0 Å². The molecule has 0 spiro atoms. The first-order chi connectivity index (χ1) is 7.33. The smallest absolute Gasteiger partial charge is 0.207 e. The van der Waals surface area contributed by atoms with Gasteiger partial charge in [-0.3, -0.25) is 4.79 Å². The van der Waals surface area contributed by atoms with Crippen molar-refractivity contribution in [3.63, 3.8) is 0 Å². The second-order valence-electron chi connectivity index (χ2n) is 4.13. The first-order valence-electron chi connectivity index (χ1n) is 5.85. The summed E-state index contributed by atoms with van der Waals surface area (Å²) in [6.07, 6.45) is 6.00. The van der Waals surface area contributed by atoms with E-state index in [1.54, 1.807) is 0 Å². The van der Waals surface area contributed by atoms with Crippen LogP contribution in [-0.2, 0) is 9.53 Å². The summed E-state index contributed by atoms with van der Waals surface area (Å²) >= 11 is 0. The molecular formula is C11H22N2O2. The highest BCUT2D eigenvalue weighted by molar-refractivity contribution is 5.46. The van der Waals surface area contributed by atoms with Gasteiger partial charge in [-0.1, -0.05) is 0 Å². The van der Waals surface area contributed by atoms with Crippen molar-refractivity contribution in [2.75, 3.05) is 19.7 Å². The Labute approximate surface area is 91.8 Å². The van der Waals surface area contributed by atoms with E-state index < -0.39 is 0 Å². The number of carbonyl (C=O) groups excluding carboxylic acids is 1. The quantitative estimate of drug-likeness (QED) is 0.664. The van der Waals surface area contributed by atoms with Crippen LogP contribution in [0.3, 0.4) is 0 Å². The first kappa shape index (κ1) is 12.5. The predicted molar refractivity (Wildman–Crippen MR) is 59.7 cm³/mol. The number of hydrogen-bond donors (Lipinski definition) is 2. The fourth-order valence-corrected chi connectivity index (χ4v) is 1.82. The molecule has 2 saturated heterocycles. The fraction of sp³-hybridized carbons (Fsp3) is 0.909. The lowest BCUT2D eigenvalue weighted by Gasteiger charge is -2.21. The van der Waals surface area contributed by atoms with Gasteiger partial charge in [-0.2, -0.15) is 0 Å². The summed E-state index contributed by atoms with van der Waals surface area (Å²) in [4.78, 5) is 9.94. The molecule has 0 radical (unpaired) electrons. The molecular weight excluding hydrogens is 192 g/mol. The number of carbonyl (C=O) groups is 1. The summed E-state index contributed by atoms with van der Waals surface area (Å²) in [7, 11) is 0. The van der Waals surface area contributed by atoms with Crippen molar-refractivity contribution in [2.24, 2.45) is 0 Å². The summed E-state index contributed by atoms with van der Waals surface area (Å²) in [6.45, 7) is 5.17. The average Bonchev–Trinajstić information content (AvgIpc) is 2.72. The summed E-state index contributed by atoms with van der Waals surface area (Å²) in [5.41, 5.74) is 0. The van der Waals surface area contributed by atoms with Crippen LogP contribution in [-0.4, -0.2) is 38.3 Å². The second kappa shape index (κ2) is 7.65. The van der Waals surface area contributed by atoms with Gasteiger partial charge in [0.2, 0.25) is 6.41 Å². The predicted octanol–water partition coefficient (Wildman–Crippen LogP) is 0.670. The Hall–Kier alpha value is -0.610. The SMILES string of the molecule is CC1CCCO1.O=CNC1CCNCC1. The molecule has 2 fully saturated rings. The minimum Gasteiger partial charge on any atom is -0.379 e. The molecule has 1 unspecified atom stereocenters. The Morgan fingerprint density at radius 3 is 2.47 bits per heavy atom. The van der Waals surface area contributed by atoms with Crippen molar-refractivity contribution in [3.05, 3.63) is 0 Å². The topological polar surface area (TPSA) is 50.4 Å². The van der Waals surface area contributed by atoms with Gasteiger partial charge in [0.25, 0.3) is 0 Å². The number of ether oxygens (including phenoxy) is 1. The molecule has 88 valence electrons. The van der Waals surface area contributed by atoms with Crippen LogP contribution in [0.1, 0.15) is 32.6 Å². The zero-order chi connectivity index (χ0) is 10.9. The molecule has 1 amide bonds. The van der Waals surface area contributed by atoms with Gasteiger partial charge in [-0.25, -0.2) is 0 Å². The standard InChI is InChI=1S/C6H12N2O.C5H10O/c9-5-8-6-1-3-7-4-2-6;1-5-3-2-4-6-5/h5-7H,1-4H2,(H,8,9);5H,2-4H2,1H3. The van der Waals surface area contributed by atoms with E-state index in [-0.39, 0.29) is 0 Å². The number of rotatable bonds is 2. The normalized spacial score (nSPS) is 26.6. The van der Waals surface area contributed by atoms with Gasteiger partial charge in [-0.15, -0.1) is 0 Å². The number of amides is 1. The lowest BCUT2D eigenvalue weighted by molar-refractivity contribution is -0.110. The summed E-state index contributed by atoms with van der Waals surface area (Å²) in [5.74, 6) is 0. The van der Waals surface area contributed by atoms with Crippen LogP contribution in [0.15, 0.2) is 0 Å². The fourth-order valence-electron chi connectivity index (χ4n) is 1.82. The molecule has 2 rings (SSSR count). The molecule has 0 saturated carbocycles. The van der Waals surface area contributed by atoms with Crippen molar-refractivity contribution >= 4 is 6.41 Å². The Kier molecular flexibility index (Phi) is 6.36. The molecule has 2 aliphatic heterocycles. The highest BCUT2D eigenvalue weighted by atomic mass is 16.5. The van der Waals surface area contributed by atoms with Crippen LogP contribution in [0, 0.1) is 0 Å². The van der Waals surface area contributed by atoms with Crippen LogP contribution in [0.25, 0.3) is 0 Å². The zero-order valence-corrected chi connectivity index (χ0v) is 9.50. The van der Waals surface area contributed by atoms with E-state index in [9.17, 15) is 4.79 Å². The van der Waals surface area contributed by atoms with E-state index in [2.05, 4.69) is 17.6 Å². The lowest BCUT2D eigenvalue weighted by atomic mass is 10.1. The maximum atomic E-state index is 9.94. The van der Waals surface area contributed by atoms with E-state index in [0.717, 1.165) is 38.9 Å². The van der Waals surface area contributed by atoms with Crippen LogP contribution in [0.2, 0.25) is 0 Å². The monoisotopic (exact) mass is 214 g/mol. The molecule has 2 aliphatic rings. The van der Waals surface area contributed by atoms with Gasteiger partial charge < -0.3 is 15.4 Å². The molecule has 0 aromatic rings. The molecule has 2 N–H and O–H groups in total. The molecule has 1 atom stereocenters. The largest absolute Gasteiger partial charge is 0.379 e. The minimum atomic E-state index is 0.420. The average molecular weight is 214 g/mol. The number of nitrogens with one attached hydrogen (secondary N) is 2. The van der Waals surface area contributed by atoms with Crippen LogP contribution in [0.4, 0.5) is 0 Å². The Morgan fingerprint density at radius 1 is 1.33 bits per heavy atom. The van der Waals surface area contributed by atoms with Gasteiger partial charge in [0.15, 0.2) is 0 Å². The summed E-state index contributed by atoms with van der Waals surface area (Å²) < 4.78 is 5.15. The van der Waals surface area contributed by atoms with Crippen molar-refractivity contribution in [1.82, 2.24) is 10.6 Å². The summed E-state index contributed by atoms with van der Waals surface area (Å²) in [5, 5.41) is 5.98. The lowest BCUT2D eigenvalue weighted by Crippen LogP contribution is -2.39. The van der Waals surface area contributed by atoms with Gasteiger partial charge in [0.05, 0.1) is 6.10 Å². The molecule has 0 aliphatic carbocycles. The second-order valence-corrected chi connectivity index (χ2v) is 4.13. The molecule has 2 heterocycles. The van der Waals surface area contributed by atoms with E-state index in [0.29, 0.717) is 12.1 Å². The Bertz CT molecular complexity index is 164. The third-order valence-electron chi connectivity index (χ3n) is 2.80. The first-order valence-corrected chi connectivity index (χ1v) is 5.85. The van der Waals surface area contributed by atoms with Crippen molar-refractivity contribution < 1.29 is 9.53 Å².